The van der Waals surface area contributed by atoms with Gasteiger partial charge in [-0.15, -0.1) is 0 Å². The second-order valence-electron chi connectivity index (χ2n) is 6.54. The summed E-state index contributed by atoms with van der Waals surface area (Å²) in [6.45, 7) is 7.37. The van der Waals surface area contributed by atoms with E-state index < -0.39 is 0 Å². The van der Waals surface area contributed by atoms with Gasteiger partial charge in [-0.05, 0) is 25.7 Å². The Balaban J connectivity index is 1.53. The second-order valence-corrected chi connectivity index (χ2v) is 6.54. The number of aryl methyl sites for hydroxylation is 1. The summed E-state index contributed by atoms with van der Waals surface area (Å²) in [4.78, 5) is 31.8. The van der Waals surface area contributed by atoms with Gasteiger partial charge in [0.25, 0.3) is 0 Å². The van der Waals surface area contributed by atoms with Crippen LogP contribution < -0.4 is 0 Å². The van der Waals surface area contributed by atoms with Crippen molar-refractivity contribution in [3.05, 3.63) is 18.2 Å². The number of imidazole rings is 1. The molecule has 0 radical (unpaired) electrons. The molecule has 1 unspecified atom stereocenters. The highest BCUT2D eigenvalue weighted by atomic mass is 16.2. The SMILES string of the molecule is CC(=O)N1CC(C(=O)N2CCCC(Cn3ccnc3C)C2)C1. The van der Waals surface area contributed by atoms with E-state index in [-0.39, 0.29) is 17.7 Å². The van der Waals surface area contributed by atoms with E-state index in [9.17, 15) is 9.59 Å². The lowest BCUT2D eigenvalue weighted by atomic mass is 9.93. The van der Waals surface area contributed by atoms with Crippen LogP contribution >= 0.6 is 0 Å². The molecule has 2 amide bonds. The van der Waals surface area contributed by atoms with Gasteiger partial charge in [-0.3, -0.25) is 9.59 Å². The van der Waals surface area contributed by atoms with Crippen LogP contribution in [0, 0.1) is 18.8 Å². The maximum atomic E-state index is 12.5. The van der Waals surface area contributed by atoms with Gasteiger partial charge in [0.05, 0.1) is 5.92 Å². The molecule has 6 nitrogen and oxygen atoms in total. The summed E-state index contributed by atoms with van der Waals surface area (Å²) in [5.74, 6) is 1.83. The number of rotatable bonds is 3. The lowest BCUT2D eigenvalue weighted by Crippen LogP contribution is -2.57. The van der Waals surface area contributed by atoms with Crippen molar-refractivity contribution in [3.63, 3.8) is 0 Å². The van der Waals surface area contributed by atoms with Gasteiger partial charge in [-0.1, -0.05) is 0 Å². The van der Waals surface area contributed by atoms with Gasteiger partial charge in [0.15, 0.2) is 0 Å². The van der Waals surface area contributed by atoms with E-state index >= 15 is 0 Å². The summed E-state index contributed by atoms with van der Waals surface area (Å²) in [5.41, 5.74) is 0. The van der Waals surface area contributed by atoms with Crippen LogP contribution in [0.1, 0.15) is 25.6 Å². The Hall–Kier alpha value is -1.85. The highest BCUT2D eigenvalue weighted by Crippen LogP contribution is 2.24. The Morgan fingerprint density at radius 2 is 2.05 bits per heavy atom. The van der Waals surface area contributed by atoms with Gasteiger partial charge in [-0.2, -0.15) is 0 Å². The number of hydrogen-bond acceptors (Lipinski definition) is 3. The first-order valence-electron chi connectivity index (χ1n) is 8.06. The number of likely N-dealkylation sites (tertiary alicyclic amines) is 2. The molecule has 1 atom stereocenters. The molecule has 1 aromatic heterocycles. The third-order valence-electron chi connectivity index (χ3n) is 4.89. The molecule has 0 aromatic carbocycles. The molecule has 3 rings (SSSR count). The zero-order valence-corrected chi connectivity index (χ0v) is 13.4. The van der Waals surface area contributed by atoms with Gasteiger partial charge in [0, 0.05) is 52.0 Å². The summed E-state index contributed by atoms with van der Waals surface area (Å²) in [7, 11) is 0. The zero-order chi connectivity index (χ0) is 15.7. The Morgan fingerprint density at radius 1 is 1.27 bits per heavy atom. The molecule has 0 bridgehead atoms. The topological polar surface area (TPSA) is 58.4 Å². The first-order valence-corrected chi connectivity index (χ1v) is 8.06. The lowest BCUT2D eigenvalue weighted by Gasteiger charge is -2.42. The molecule has 3 heterocycles. The fourth-order valence-corrected chi connectivity index (χ4v) is 3.44. The molecule has 0 aliphatic carbocycles. The Bertz CT molecular complexity index is 562. The molecule has 1 aromatic rings. The molecule has 0 saturated carbocycles. The number of carbonyl (C=O) groups excluding carboxylic acids is 2. The van der Waals surface area contributed by atoms with Crippen molar-refractivity contribution in [3.8, 4) is 0 Å². The lowest BCUT2D eigenvalue weighted by molar-refractivity contribution is -0.148. The first kappa shape index (κ1) is 15.1. The molecular formula is C16H24N4O2. The van der Waals surface area contributed by atoms with Gasteiger partial charge in [0.2, 0.25) is 11.8 Å². The number of piperidine rings is 1. The van der Waals surface area contributed by atoms with Crippen molar-refractivity contribution < 1.29 is 9.59 Å². The summed E-state index contributed by atoms with van der Waals surface area (Å²) in [6.07, 6.45) is 6.05. The second kappa shape index (κ2) is 6.10. The normalized spacial score (nSPS) is 22.5. The molecule has 2 saturated heterocycles. The van der Waals surface area contributed by atoms with Crippen LogP contribution in [0.3, 0.4) is 0 Å². The van der Waals surface area contributed by atoms with Crippen molar-refractivity contribution in [1.82, 2.24) is 19.4 Å². The van der Waals surface area contributed by atoms with Crippen molar-refractivity contribution >= 4 is 11.8 Å². The quantitative estimate of drug-likeness (QED) is 0.834. The first-order chi connectivity index (χ1) is 10.5. The highest BCUT2D eigenvalue weighted by Gasteiger charge is 2.37. The molecule has 22 heavy (non-hydrogen) atoms. The number of amides is 2. The summed E-state index contributed by atoms with van der Waals surface area (Å²) in [5, 5.41) is 0. The Labute approximate surface area is 131 Å². The smallest absolute Gasteiger partial charge is 0.229 e. The van der Waals surface area contributed by atoms with E-state index in [0.717, 1.165) is 38.3 Å². The highest BCUT2D eigenvalue weighted by molar-refractivity contribution is 5.83. The van der Waals surface area contributed by atoms with E-state index in [4.69, 9.17) is 0 Å². The number of aromatic nitrogens is 2. The van der Waals surface area contributed by atoms with Crippen molar-refractivity contribution in [2.75, 3.05) is 26.2 Å². The molecule has 2 aliphatic heterocycles. The van der Waals surface area contributed by atoms with Crippen molar-refractivity contribution in [2.24, 2.45) is 11.8 Å². The van der Waals surface area contributed by atoms with Gasteiger partial charge in [-0.25, -0.2) is 4.98 Å². The van der Waals surface area contributed by atoms with Crippen LogP contribution in [-0.2, 0) is 16.1 Å². The van der Waals surface area contributed by atoms with E-state index in [1.807, 2.05) is 24.2 Å². The van der Waals surface area contributed by atoms with Crippen LogP contribution in [0.2, 0.25) is 0 Å². The summed E-state index contributed by atoms with van der Waals surface area (Å²) >= 11 is 0. The van der Waals surface area contributed by atoms with E-state index in [1.54, 1.807) is 11.8 Å². The third kappa shape index (κ3) is 3.00. The van der Waals surface area contributed by atoms with E-state index in [0.29, 0.717) is 19.0 Å². The van der Waals surface area contributed by atoms with Crippen LogP contribution in [0.15, 0.2) is 12.4 Å². The number of carbonyl (C=O) groups is 2. The van der Waals surface area contributed by atoms with Crippen LogP contribution in [0.25, 0.3) is 0 Å². The van der Waals surface area contributed by atoms with E-state index in [1.165, 1.54) is 0 Å². The minimum atomic E-state index is 0.0117. The predicted molar refractivity (Wildman–Crippen MR) is 82.0 cm³/mol. The Kier molecular flexibility index (Phi) is 4.18. The van der Waals surface area contributed by atoms with Crippen LogP contribution in [-0.4, -0.2) is 57.3 Å². The fraction of sp³-hybridized carbons (Fsp3) is 0.688. The zero-order valence-electron chi connectivity index (χ0n) is 13.4. The molecule has 6 heteroatoms. The summed E-state index contributed by atoms with van der Waals surface area (Å²) < 4.78 is 2.17. The number of hydrogen-bond donors (Lipinski definition) is 0. The molecule has 2 fully saturated rings. The monoisotopic (exact) mass is 304 g/mol. The van der Waals surface area contributed by atoms with Gasteiger partial charge in [0.1, 0.15) is 5.82 Å². The van der Waals surface area contributed by atoms with Crippen LogP contribution in [0.4, 0.5) is 0 Å². The predicted octanol–water partition coefficient (Wildman–Crippen LogP) is 0.908. The molecular weight excluding hydrogens is 280 g/mol. The molecule has 120 valence electrons. The third-order valence-corrected chi connectivity index (χ3v) is 4.89. The molecule has 0 N–H and O–H groups in total. The average Bonchev–Trinajstić information content (AvgIpc) is 2.82. The van der Waals surface area contributed by atoms with Crippen molar-refractivity contribution in [2.45, 2.75) is 33.2 Å². The maximum Gasteiger partial charge on any atom is 0.229 e. The standard InChI is InChI=1S/C16H24N4O2/c1-12-17-5-7-18(12)8-14-4-3-6-19(9-14)16(22)15-10-20(11-15)13(2)21/h5,7,14-15H,3-4,6,8-11H2,1-2H3. The van der Waals surface area contributed by atoms with Crippen molar-refractivity contribution in [1.29, 1.82) is 0 Å². The van der Waals surface area contributed by atoms with Crippen LogP contribution in [0.5, 0.6) is 0 Å². The fourth-order valence-electron chi connectivity index (χ4n) is 3.44. The molecule has 2 aliphatic rings. The summed E-state index contributed by atoms with van der Waals surface area (Å²) in [6, 6.07) is 0. The molecule has 0 spiro atoms. The van der Waals surface area contributed by atoms with Gasteiger partial charge >= 0.3 is 0 Å². The minimum Gasteiger partial charge on any atom is -0.342 e. The van der Waals surface area contributed by atoms with Gasteiger partial charge < -0.3 is 14.4 Å². The number of nitrogens with zero attached hydrogens (tertiary/aromatic N) is 4. The maximum absolute atomic E-state index is 12.5. The van der Waals surface area contributed by atoms with E-state index in [2.05, 4.69) is 9.55 Å². The minimum absolute atomic E-state index is 0.0117. The average molecular weight is 304 g/mol. The Morgan fingerprint density at radius 3 is 2.68 bits per heavy atom. The largest absolute Gasteiger partial charge is 0.342 e.